The zero-order valence-electron chi connectivity index (χ0n) is 14.1. The van der Waals surface area contributed by atoms with Gasteiger partial charge in [0, 0.05) is 19.1 Å². The predicted molar refractivity (Wildman–Crippen MR) is 97.8 cm³/mol. The van der Waals surface area contributed by atoms with Gasteiger partial charge < -0.3 is 10.1 Å². The number of sulfonamides is 1. The lowest BCUT2D eigenvalue weighted by Crippen LogP contribution is -2.27. The Morgan fingerprint density at radius 1 is 1.15 bits per heavy atom. The second-order valence-electron chi connectivity index (χ2n) is 5.23. The SMILES string of the molecule is CNC(=O)COC(=O)c1cccc(S(=O)(=O)N(C)c2cccc(Cl)c2)c1. The molecule has 0 aliphatic rings. The van der Waals surface area contributed by atoms with Crippen LogP contribution in [0.1, 0.15) is 10.4 Å². The van der Waals surface area contributed by atoms with E-state index in [2.05, 4.69) is 5.32 Å². The quantitative estimate of drug-likeness (QED) is 0.754. The fraction of sp³-hybridized carbons (Fsp3) is 0.176. The highest BCUT2D eigenvalue weighted by atomic mass is 35.5. The monoisotopic (exact) mass is 396 g/mol. The van der Waals surface area contributed by atoms with Gasteiger partial charge in [0.25, 0.3) is 15.9 Å². The number of ether oxygens (including phenoxy) is 1. The van der Waals surface area contributed by atoms with Gasteiger partial charge in [0.15, 0.2) is 6.61 Å². The van der Waals surface area contributed by atoms with Gasteiger partial charge in [-0.3, -0.25) is 9.10 Å². The number of likely N-dealkylation sites (N-methyl/N-ethyl adjacent to an activating group) is 1. The highest BCUT2D eigenvalue weighted by molar-refractivity contribution is 7.92. The Labute approximate surface area is 156 Å². The zero-order valence-corrected chi connectivity index (χ0v) is 15.7. The van der Waals surface area contributed by atoms with Crippen molar-refractivity contribution in [1.82, 2.24) is 5.32 Å². The maximum Gasteiger partial charge on any atom is 0.338 e. The van der Waals surface area contributed by atoms with Crippen molar-refractivity contribution in [3.63, 3.8) is 0 Å². The van der Waals surface area contributed by atoms with Gasteiger partial charge in [-0.2, -0.15) is 0 Å². The molecule has 0 saturated heterocycles. The largest absolute Gasteiger partial charge is 0.452 e. The molecule has 138 valence electrons. The van der Waals surface area contributed by atoms with E-state index in [1.54, 1.807) is 18.2 Å². The Kier molecular flexibility index (Phi) is 6.23. The summed E-state index contributed by atoms with van der Waals surface area (Å²) in [5.74, 6) is -1.26. The molecule has 0 atom stereocenters. The van der Waals surface area contributed by atoms with Gasteiger partial charge in [0.05, 0.1) is 16.1 Å². The van der Waals surface area contributed by atoms with Crippen molar-refractivity contribution in [1.29, 1.82) is 0 Å². The number of rotatable bonds is 6. The van der Waals surface area contributed by atoms with Crippen molar-refractivity contribution < 1.29 is 22.7 Å². The third-order valence-corrected chi connectivity index (χ3v) is 5.53. The van der Waals surface area contributed by atoms with Crippen LogP contribution in [-0.2, 0) is 19.6 Å². The molecule has 0 spiro atoms. The third-order valence-electron chi connectivity index (χ3n) is 3.51. The first-order valence-electron chi connectivity index (χ1n) is 7.48. The number of halogens is 1. The molecule has 0 aromatic heterocycles. The molecule has 0 bridgehead atoms. The normalized spacial score (nSPS) is 10.9. The summed E-state index contributed by atoms with van der Waals surface area (Å²) in [4.78, 5) is 23.1. The molecule has 0 radical (unpaired) electrons. The summed E-state index contributed by atoms with van der Waals surface area (Å²) in [6.07, 6.45) is 0. The first-order valence-corrected chi connectivity index (χ1v) is 9.30. The van der Waals surface area contributed by atoms with E-state index in [9.17, 15) is 18.0 Å². The number of hydrogen-bond acceptors (Lipinski definition) is 5. The van der Waals surface area contributed by atoms with Crippen LogP contribution in [0.5, 0.6) is 0 Å². The number of nitrogens with one attached hydrogen (secondary N) is 1. The lowest BCUT2D eigenvalue weighted by atomic mass is 10.2. The Hall–Kier alpha value is -2.58. The van der Waals surface area contributed by atoms with Crippen LogP contribution in [0, 0.1) is 0 Å². The molecule has 0 aliphatic heterocycles. The number of anilines is 1. The van der Waals surface area contributed by atoms with Gasteiger partial charge in [-0.15, -0.1) is 0 Å². The van der Waals surface area contributed by atoms with Crippen molar-refractivity contribution >= 4 is 39.2 Å². The number of hydrogen-bond donors (Lipinski definition) is 1. The summed E-state index contributed by atoms with van der Waals surface area (Å²) >= 11 is 5.91. The van der Waals surface area contributed by atoms with E-state index < -0.39 is 28.5 Å². The minimum atomic E-state index is -3.91. The fourth-order valence-corrected chi connectivity index (χ4v) is 3.46. The van der Waals surface area contributed by atoms with Crippen molar-refractivity contribution in [2.45, 2.75) is 4.90 Å². The Morgan fingerprint density at radius 2 is 1.85 bits per heavy atom. The summed E-state index contributed by atoms with van der Waals surface area (Å²) in [5.41, 5.74) is 0.402. The van der Waals surface area contributed by atoms with E-state index in [-0.39, 0.29) is 10.5 Å². The number of carbonyl (C=O) groups excluding carboxylic acids is 2. The minimum absolute atomic E-state index is 0.0227. The first-order chi connectivity index (χ1) is 12.3. The molecule has 2 aromatic carbocycles. The summed E-state index contributed by atoms with van der Waals surface area (Å²) in [7, 11) is -1.11. The van der Waals surface area contributed by atoms with E-state index in [1.165, 1.54) is 44.4 Å². The molecule has 2 rings (SSSR count). The Morgan fingerprint density at radius 3 is 2.50 bits per heavy atom. The fourth-order valence-electron chi connectivity index (χ4n) is 2.04. The van der Waals surface area contributed by atoms with Crippen LogP contribution in [0.15, 0.2) is 53.4 Å². The molecular weight excluding hydrogens is 380 g/mol. The molecule has 26 heavy (non-hydrogen) atoms. The number of benzene rings is 2. The Bertz CT molecular complexity index is 930. The van der Waals surface area contributed by atoms with Crippen molar-refractivity contribution in [2.75, 3.05) is 25.0 Å². The van der Waals surface area contributed by atoms with Crippen LogP contribution in [0.4, 0.5) is 5.69 Å². The van der Waals surface area contributed by atoms with Crippen molar-refractivity contribution in [2.24, 2.45) is 0 Å². The van der Waals surface area contributed by atoms with E-state index in [1.807, 2.05) is 0 Å². The van der Waals surface area contributed by atoms with Crippen molar-refractivity contribution in [3.8, 4) is 0 Å². The van der Waals surface area contributed by atoms with E-state index in [0.29, 0.717) is 10.7 Å². The van der Waals surface area contributed by atoms with Gasteiger partial charge in [0.1, 0.15) is 0 Å². The third kappa shape index (κ3) is 4.53. The van der Waals surface area contributed by atoms with E-state index in [4.69, 9.17) is 16.3 Å². The maximum absolute atomic E-state index is 12.8. The average Bonchev–Trinajstić information content (AvgIpc) is 2.65. The summed E-state index contributed by atoms with van der Waals surface area (Å²) in [6.45, 7) is -0.450. The summed E-state index contributed by atoms with van der Waals surface area (Å²) in [5, 5.41) is 2.71. The minimum Gasteiger partial charge on any atom is -0.452 e. The Balaban J connectivity index is 2.27. The second-order valence-corrected chi connectivity index (χ2v) is 7.64. The molecule has 1 N–H and O–H groups in total. The molecule has 7 nitrogen and oxygen atoms in total. The highest BCUT2D eigenvalue weighted by Crippen LogP contribution is 2.25. The topological polar surface area (TPSA) is 92.8 Å². The molecule has 0 heterocycles. The molecule has 0 saturated carbocycles. The van der Waals surface area contributed by atoms with Crippen LogP contribution in [0.3, 0.4) is 0 Å². The zero-order chi connectivity index (χ0) is 19.3. The number of esters is 1. The lowest BCUT2D eigenvalue weighted by Gasteiger charge is -2.20. The molecule has 1 amide bonds. The van der Waals surface area contributed by atoms with Gasteiger partial charge in [-0.05, 0) is 36.4 Å². The van der Waals surface area contributed by atoms with Crippen LogP contribution >= 0.6 is 11.6 Å². The smallest absolute Gasteiger partial charge is 0.338 e. The molecule has 0 unspecified atom stereocenters. The number of amides is 1. The number of carbonyl (C=O) groups is 2. The lowest BCUT2D eigenvalue weighted by molar-refractivity contribution is -0.123. The van der Waals surface area contributed by atoms with E-state index in [0.717, 1.165) is 4.31 Å². The van der Waals surface area contributed by atoms with Crippen LogP contribution in [-0.4, -0.2) is 41.0 Å². The summed E-state index contributed by atoms with van der Waals surface area (Å²) in [6, 6.07) is 11.8. The van der Waals surface area contributed by atoms with Gasteiger partial charge in [-0.25, -0.2) is 13.2 Å². The average molecular weight is 397 g/mol. The molecule has 2 aromatic rings. The number of nitrogens with zero attached hydrogens (tertiary/aromatic N) is 1. The van der Waals surface area contributed by atoms with Crippen LogP contribution in [0.25, 0.3) is 0 Å². The highest BCUT2D eigenvalue weighted by Gasteiger charge is 2.23. The standard InChI is InChI=1S/C17H17ClN2O5S/c1-19-16(21)11-25-17(22)12-5-3-8-15(9-12)26(23,24)20(2)14-7-4-6-13(18)10-14/h3-10H,11H2,1-2H3,(H,19,21). The van der Waals surface area contributed by atoms with Gasteiger partial charge in [0.2, 0.25) is 0 Å². The maximum atomic E-state index is 12.8. The van der Waals surface area contributed by atoms with Crippen molar-refractivity contribution in [3.05, 3.63) is 59.1 Å². The second kappa shape index (κ2) is 8.20. The van der Waals surface area contributed by atoms with Crippen LogP contribution in [0.2, 0.25) is 5.02 Å². The summed E-state index contributed by atoms with van der Waals surface area (Å²) < 4.78 is 31.5. The first kappa shape index (κ1) is 19.7. The van der Waals surface area contributed by atoms with Crippen LogP contribution < -0.4 is 9.62 Å². The molecule has 0 aliphatic carbocycles. The molecule has 0 fully saturated rings. The van der Waals surface area contributed by atoms with Gasteiger partial charge >= 0.3 is 5.97 Å². The van der Waals surface area contributed by atoms with E-state index >= 15 is 0 Å². The molecular formula is C17H17ClN2O5S. The predicted octanol–water partition coefficient (Wildman–Crippen LogP) is 2.07. The van der Waals surface area contributed by atoms with Gasteiger partial charge in [-0.1, -0.05) is 23.7 Å². The molecule has 9 heteroatoms.